The Morgan fingerprint density at radius 3 is 2.70 bits per heavy atom. The van der Waals surface area contributed by atoms with Gasteiger partial charge in [-0.1, -0.05) is 37.0 Å². The number of rotatable bonds is 6. The van der Waals surface area contributed by atoms with Crippen molar-refractivity contribution in [3.63, 3.8) is 0 Å². The number of amides is 4. The lowest BCUT2D eigenvalue weighted by Gasteiger charge is -2.23. The summed E-state index contributed by atoms with van der Waals surface area (Å²) < 4.78 is 0. The predicted octanol–water partition coefficient (Wildman–Crippen LogP) is 2.88. The standard InChI is InChI=1S/C18H24Cl2N4O3/c1-11(2)9-21-18(27)23-16(25)10-24-7-3-4-15(24)17(26)22-14-8-12(19)5-6-13(14)20/h5-6,8,11,15H,3-4,7,9-10H2,1-2H3,(H,22,26)(H2,21,23,25,27). The quantitative estimate of drug-likeness (QED) is 0.667. The number of halogens is 2. The Hall–Kier alpha value is -1.83. The summed E-state index contributed by atoms with van der Waals surface area (Å²) >= 11 is 12.0. The average Bonchev–Trinajstić information content (AvgIpc) is 3.04. The molecule has 9 heteroatoms. The molecule has 1 aliphatic rings. The summed E-state index contributed by atoms with van der Waals surface area (Å²) in [6.07, 6.45) is 1.41. The first-order valence-corrected chi connectivity index (χ1v) is 9.59. The van der Waals surface area contributed by atoms with Crippen LogP contribution >= 0.6 is 23.2 Å². The SMILES string of the molecule is CC(C)CNC(=O)NC(=O)CN1CCCC1C(=O)Nc1cc(Cl)ccc1Cl. The minimum atomic E-state index is -0.528. The van der Waals surface area contributed by atoms with Crippen LogP contribution < -0.4 is 16.0 Å². The number of anilines is 1. The second kappa shape index (κ2) is 9.92. The number of benzene rings is 1. The van der Waals surface area contributed by atoms with Crippen LogP contribution in [-0.4, -0.2) is 48.4 Å². The van der Waals surface area contributed by atoms with Crippen molar-refractivity contribution in [2.24, 2.45) is 5.92 Å². The maximum Gasteiger partial charge on any atom is 0.321 e. The van der Waals surface area contributed by atoms with Gasteiger partial charge >= 0.3 is 6.03 Å². The predicted molar refractivity (Wildman–Crippen MR) is 106 cm³/mol. The van der Waals surface area contributed by atoms with E-state index in [9.17, 15) is 14.4 Å². The van der Waals surface area contributed by atoms with Gasteiger partial charge in [0.05, 0.1) is 23.3 Å². The number of likely N-dealkylation sites (tertiary alicyclic amines) is 1. The minimum Gasteiger partial charge on any atom is -0.338 e. The van der Waals surface area contributed by atoms with E-state index < -0.39 is 18.0 Å². The minimum absolute atomic E-state index is 0.0313. The molecule has 1 fully saturated rings. The lowest BCUT2D eigenvalue weighted by atomic mass is 10.2. The molecule has 27 heavy (non-hydrogen) atoms. The molecular weight excluding hydrogens is 391 g/mol. The Kier molecular flexibility index (Phi) is 7.89. The first-order valence-electron chi connectivity index (χ1n) is 8.84. The van der Waals surface area contributed by atoms with Gasteiger partial charge in [-0.2, -0.15) is 0 Å². The van der Waals surface area contributed by atoms with Crippen LogP contribution in [0.5, 0.6) is 0 Å². The molecule has 0 saturated carbocycles. The molecule has 1 unspecified atom stereocenters. The van der Waals surface area contributed by atoms with E-state index in [4.69, 9.17) is 23.2 Å². The fourth-order valence-corrected chi connectivity index (χ4v) is 3.15. The second-order valence-corrected chi connectivity index (χ2v) is 7.74. The Morgan fingerprint density at radius 2 is 2.00 bits per heavy atom. The zero-order chi connectivity index (χ0) is 20.0. The summed E-state index contributed by atoms with van der Waals surface area (Å²) in [5.41, 5.74) is 0.429. The Morgan fingerprint density at radius 1 is 1.26 bits per heavy atom. The molecule has 7 nitrogen and oxygen atoms in total. The topological polar surface area (TPSA) is 90.5 Å². The molecule has 1 aromatic rings. The van der Waals surface area contributed by atoms with Gasteiger partial charge < -0.3 is 10.6 Å². The molecule has 1 aromatic carbocycles. The number of carbonyl (C=O) groups is 3. The smallest absolute Gasteiger partial charge is 0.321 e. The van der Waals surface area contributed by atoms with Crippen molar-refractivity contribution in [1.29, 1.82) is 0 Å². The maximum absolute atomic E-state index is 12.6. The van der Waals surface area contributed by atoms with Crippen molar-refractivity contribution in [3.05, 3.63) is 28.2 Å². The lowest BCUT2D eigenvalue weighted by Crippen LogP contribution is -2.48. The van der Waals surface area contributed by atoms with Crippen LogP contribution in [0.15, 0.2) is 18.2 Å². The van der Waals surface area contributed by atoms with Crippen LogP contribution in [0.4, 0.5) is 10.5 Å². The Labute approximate surface area is 168 Å². The zero-order valence-electron chi connectivity index (χ0n) is 15.4. The first kappa shape index (κ1) is 21.5. The number of urea groups is 1. The number of nitrogens with zero attached hydrogens (tertiary/aromatic N) is 1. The third-order valence-electron chi connectivity index (χ3n) is 4.12. The molecule has 1 atom stereocenters. The molecule has 0 bridgehead atoms. The lowest BCUT2D eigenvalue weighted by molar-refractivity contribution is -0.124. The van der Waals surface area contributed by atoms with Crippen molar-refractivity contribution in [1.82, 2.24) is 15.5 Å². The summed E-state index contributed by atoms with van der Waals surface area (Å²) in [7, 11) is 0. The van der Waals surface area contributed by atoms with Gasteiger partial charge in [0.15, 0.2) is 0 Å². The fraction of sp³-hybridized carbons (Fsp3) is 0.500. The first-order chi connectivity index (χ1) is 12.8. The van der Waals surface area contributed by atoms with Gasteiger partial charge in [0, 0.05) is 11.6 Å². The summed E-state index contributed by atoms with van der Waals surface area (Å²) in [6, 6.07) is 3.82. The normalized spacial score (nSPS) is 17.0. The van der Waals surface area contributed by atoms with Crippen molar-refractivity contribution >= 4 is 46.7 Å². The highest BCUT2D eigenvalue weighted by atomic mass is 35.5. The molecular formula is C18H24Cl2N4O3. The second-order valence-electron chi connectivity index (χ2n) is 6.89. The van der Waals surface area contributed by atoms with E-state index >= 15 is 0 Å². The van der Waals surface area contributed by atoms with Crippen molar-refractivity contribution in [2.45, 2.75) is 32.7 Å². The molecule has 2 rings (SSSR count). The number of hydrogen-bond donors (Lipinski definition) is 3. The van der Waals surface area contributed by atoms with E-state index in [1.165, 1.54) is 0 Å². The number of hydrogen-bond acceptors (Lipinski definition) is 4. The van der Waals surface area contributed by atoms with E-state index in [1.807, 2.05) is 13.8 Å². The van der Waals surface area contributed by atoms with Gasteiger partial charge in [-0.25, -0.2) is 4.79 Å². The zero-order valence-corrected chi connectivity index (χ0v) is 16.9. The largest absolute Gasteiger partial charge is 0.338 e. The molecule has 0 aromatic heterocycles. The number of carbonyl (C=O) groups excluding carboxylic acids is 3. The maximum atomic E-state index is 12.6. The van der Waals surface area contributed by atoms with Crippen LogP contribution in [-0.2, 0) is 9.59 Å². The highest BCUT2D eigenvalue weighted by molar-refractivity contribution is 6.35. The molecule has 4 amide bonds. The van der Waals surface area contributed by atoms with Crippen molar-refractivity contribution in [3.8, 4) is 0 Å². The van der Waals surface area contributed by atoms with Gasteiger partial charge in [-0.3, -0.25) is 19.8 Å². The van der Waals surface area contributed by atoms with E-state index in [0.29, 0.717) is 35.2 Å². The van der Waals surface area contributed by atoms with Crippen LogP contribution in [0, 0.1) is 5.92 Å². The fourth-order valence-electron chi connectivity index (χ4n) is 2.81. The third kappa shape index (κ3) is 6.68. The van der Waals surface area contributed by atoms with Crippen molar-refractivity contribution < 1.29 is 14.4 Å². The van der Waals surface area contributed by atoms with Crippen LogP contribution in [0.3, 0.4) is 0 Å². The summed E-state index contributed by atoms with van der Waals surface area (Å²) in [5.74, 6) is -0.415. The molecule has 0 radical (unpaired) electrons. The molecule has 1 saturated heterocycles. The van der Waals surface area contributed by atoms with Gasteiger partial charge in [0.2, 0.25) is 11.8 Å². The average molecular weight is 415 g/mol. The van der Waals surface area contributed by atoms with Gasteiger partial charge in [-0.05, 0) is 43.5 Å². The van der Waals surface area contributed by atoms with Gasteiger partial charge in [-0.15, -0.1) is 0 Å². The Bertz CT molecular complexity index is 712. The van der Waals surface area contributed by atoms with Gasteiger partial charge in [0.1, 0.15) is 0 Å². The molecule has 0 aliphatic carbocycles. The highest BCUT2D eigenvalue weighted by Crippen LogP contribution is 2.27. The Balaban J connectivity index is 1.90. The van der Waals surface area contributed by atoms with E-state index in [-0.39, 0.29) is 18.4 Å². The number of imide groups is 1. The van der Waals surface area contributed by atoms with E-state index in [2.05, 4.69) is 16.0 Å². The van der Waals surface area contributed by atoms with E-state index in [1.54, 1.807) is 23.1 Å². The van der Waals surface area contributed by atoms with E-state index in [0.717, 1.165) is 6.42 Å². The van der Waals surface area contributed by atoms with Crippen LogP contribution in [0.2, 0.25) is 10.0 Å². The van der Waals surface area contributed by atoms with Crippen LogP contribution in [0.25, 0.3) is 0 Å². The molecule has 148 valence electrons. The molecule has 3 N–H and O–H groups in total. The number of nitrogens with one attached hydrogen (secondary N) is 3. The molecule has 0 spiro atoms. The van der Waals surface area contributed by atoms with Crippen LogP contribution in [0.1, 0.15) is 26.7 Å². The molecule has 1 heterocycles. The summed E-state index contributed by atoms with van der Waals surface area (Å²) in [5, 5.41) is 8.52. The third-order valence-corrected chi connectivity index (χ3v) is 4.69. The summed E-state index contributed by atoms with van der Waals surface area (Å²) in [6.45, 7) is 4.97. The molecule has 1 aliphatic heterocycles. The van der Waals surface area contributed by atoms with Gasteiger partial charge in [0.25, 0.3) is 0 Å². The summed E-state index contributed by atoms with van der Waals surface area (Å²) in [4.78, 5) is 38.1. The van der Waals surface area contributed by atoms with Crippen molar-refractivity contribution in [2.75, 3.05) is 25.0 Å². The highest BCUT2D eigenvalue weighted by Gasteiger charge is 2.32. The monoisotopic (exact) mass is 414 g/mol.